The molecule has 2 aromatic heterocycles. The molecule has 0 aromatic carbocycles. The van der Waals surface area contributed by atoms with Gasteiger partial charge in [0.25, 0.3) is 0 Å². The molecular weight excluding hydrogens is 266 g/mol. The van der Waals surface area contributed by atoms with Gasteiger partial charge in [0.15, 0.2) is 11.4 Å². The minimum absolute atomic E-state index is 0.0929. The van der Waals surface area contributed by atoms with Gasteiger partial charge >= 0.3 is 10.1 Å². The van der Waals surface area contributed by atoms with Gasteiger partial charge in [0.05, 0.1) is 17.6 Å². The van der Waals surface area contributed by atoms with Crippen molar-refractivity contribution in [1.29, 1.82) is 5.26 Å². The van der Waals surface area contributed by atoms with Crippen LogP contribution in [0, 0.1) is 11.3 Å². The van der Waals surface area contributed by atoms with E-state index in [0.717, 1.165) is 6.26 Å². The average molecular weight is 275 g/mol. The van der Waals surface area contributed by atoms with Crippen LogP contribution in [0.15, 0.2) is 36.5 Å². The second-order valence-electron chi connectivity index (χ2n) is 3.66. The molecule has 0 radical (unpaired) electrons. The Balaban J connectivity index is 2.46. The van der Waals surface area contributed by atoms with Crippen LogP contribution < -0.4 is 4.18 Å². The van der Waals surface area contributed by atoms with Gasteiger partial charge in [0, 0.05) is 6.20 Å². The van der Waals surface area contributed by atoms with E-state index in [1.165, 1.54) is 6.07 Å². The van der Waals surface area contributed by atoms with Gasteiger partial charge in [0.1, 0.15) is 6.07 Å². The third-order valence-electron chi connectivity index (χ3n) is 2.13. The fourth-order valence-electron chi connectivity index (χ4n) is 1.41. The topological polar surface area (TPSA) is 92.9 Å². The molecule has 0 unspecified atom stereocenters. The molecule has 7 heteroatoms. The molecule has 2 aromatic rings. The molecule has 0 N–H and O–H groups in total. The lowest BCUT2D eigenvalue weighted by Gasteiger charge is -2.06. The molecule has 0 spiro atoms. The van der Waals surface area contributed by atoms with Gasteiger partial charge < -0.3 is 4.18 Å². The summed E-state index contributed by atoms with van der Waals surface area (Å²) in [7, 11) is -3.69. The van der Waals surface area contributed by atoms with Crippen molar-refractivity contribution in [2.24, 2.45) is 0 Å². The van der Waals surface area contributed by atoms with Crippen molar-refractivity contribution in [3.63, 3.8) is 0 Å². The lowest BCUT2D eigenvalue weighted by molar-refractivity contribution is 0.491. The minimum Gasteiger partial charge on any atom is -0.379 e. The molecule has 0 aliphatic rings. The first-order chi connectivity index (χ1) is 8.99. The van der Waals surface area contributed by atoms with E-state index in [9.17, 15) is 8.42 Å². The van der Waals surface area contributed by atoms with E-state index in [-0.39, 0.29) is 11.4 Å². The summed E-state index contributed by atoms with van der Waals surface area (Å²) >= 11 is 0. The molecule has 0 atom stereocenters. The molecule has 2 rings (SSSR count). The van der Waals surface area contributed by atoms with Crippen molar-refractivity contribution < 1.29 is 12.6 Å². The van der Waals surface area contributed by atoms with E-state index in [1.54, 1.807) is 36.5 Å². The summed E-state index contributed by atoms with van der Waals surface area (Å²) in [5, 5.41) is 8.98. The molecule has 0 fully saturated rings. The van der Waals surface area contributed by atoms with Crippen molar-refractivity contribution in [2.75, 3.05) is 6.26 Å². The standard InChI is InChI=1S/C12H9N3O3S/c1-19(16,17)18-12-6-5-10(15-11(12)8-13)9-4-2-3-7-14-9/h2-7H,1H3. The smallest absolute Gasteiger partial charge is 0.306 e. The van der Waals surface area contributed by atoms with E-state index >= 15 is 0 Å². The summed E-state index contributed by atoms with van der Waals surface area (Å²) in [6, 6.07) is 10.0. The second-order valence-corrected chi connectivity index (χ2v) is 5.23. The highest BCUT2D eigenvalue weighted by Crippen LogP contribution is 2.22. The Kier molecular flexibility index (Phi) is 3.44. The van der Waals surface area contributed by atoms with Crippen molar-refractivity contribution in [2.45, 2.75) is 0 Å². The molecule has 0 aliphatic heterocycles. The molecule has 96 valence electrons. The Morgan fingerprint density at radius 1 is 1.21 bits per heavy atom. The lowest BCUT2D eigenvalue weighted by atomic mass is 10.2. The average Bonchev–Trinajstić information content (AvgIpc) is 2.38. The zero-order chi connectivity index (χ0) is 13.9. The van der Waals surface area contributed by atoms with Gasteiger partial charge in [-0.15, -0.1) is 0 Å². The predicted octanol–water partition coefficient (Wildman–Crippen LogP) is 1.35. The Labute approximate surface area is 110 Å². The van der Waals surface area contributed by atoms with E-state index in [1.807, 2.05) is 0 Å². The van der Waals surface area contributed by atoms with Crippen LogP contribution in [0.1, 0.15) is 5.69 Å². The maximum absolute atomic E-state index is 11.1. The number of hydrogen-bond donors (Lipinski definition) is 0. The van der Waals surface area contributed by atoms with Gasteiger partial charge in [-0.1, -0.05) is 6.07 Å². The van der Waals surface area contributed by atoms with E-state index in [4.69, 9.17) is 5.26 Å². The largest absolute Gasteiger partial charge is 0.379 e. The third-order valence-corrected chi connectivity index (χ3v) is 2.61. The van der Waals surface area contributed by atoms with Gasteiger partial charge in [-0.25, -0.2) is 4.98 Å². The number of hydrogen-bond acceptors (Lipinski definition) is 6. The van der Waals surface area contributed by atoms with Crippen LogP contribution in [0.3, 0.4) is 0 Å². The first kappa shape index (κ1) is 13.0. The number of nitrogens with zero attached hydrogens (tertiary/aromatic N) is 3. The van der Waals surface area contributed by atoms with Crippen LogP contribution in [0.2, 0.25) is 0 Å². The van der Waals surface area contributed by atoms with Crippen LogP contribution >= 0.6 is 0 Å². The first-order valence-corrected chi connectivity index (χ1v) is 7.03. The summed E-state index contributed by atoms with van der Waals surface area (Å²) < 4.78 is 26.8. The van der Waals surface area contributed by atoms with Crippen molar-refractivity contribution >= 4 is 10.1 Å². The summed E-state index contributed by atoms with van der Waals surface area (Å²) in [5.74, 6) is -0.0929. The van der Waals surface area contributed by atoms with Crippen LogP contribution in [0.5, 0.6) is 5.75 Å². The second kappa shape index (κ2) is 5.04. The van der Waals surface area contributed by atoms with E-state index in [0.29, 0.717) is 11.4 Å². The predicted molar refractivity (Wildman–Crippen MR) is 67.7 cm³/mol. The number of rotatable bonds is 3. The normalized spacial score (nSPS) is 10.7. The van der Waals surface area contributed by atoms with Crippen LogP contribution in [0.4, 0.5) is 0 Å². The molecule has 2 heterocycles. The highest BCUT2D eigenvalue weighted by Gasteiger charge is 2.13. The fourth-order valence-corrected chi connectivity index (χ4v) is 1.87. The molecule has 6 nitrogen and oxygen atoms in total. The Hall–Kier alpha value is -2.46. The molecule has 0 bridgehead atoms. The summed E-state index contributed by atoms with van der Waals surface area (Å²) in [6.07, 6.45) is 2.50. The van der Waals surface area contributed by atoms with Crippen LogP contribution in [-0.2, 0) is 10.1 Å². The van der Waals surface area contributed by atoms with Crippen molar-refractivity contribution in [3.05, 3.63) is 42.2 Å². The molecular formula is C12H9N3O3S. The highest BCUT2D eigenvalue weighted by molar-refractivity contribution is 7.86. The van der Waals surface area contributed by atoms with Gasteiger partial charge in [-0.3, -0.25) is 4.98 Å². The van der Waals surface area contributed by atoms with Crippen LogP contribution in [0.25, 0.3) is 11.4 Å². The molecule has 0 saturated heterocycles. The molecule has 0 amide bonds. The molecule has 0 aliphatic carbocycles. The zero-order valence-electron chi connectivity index (χ0n) is 9.94. The third kappa shape index (κ3) is 3.26. The van der Waals surface area contributed by atoms with Gasteiger partial charge in [0.2, 0.25) is 0 Å². The SMILES string of the molecule is CS(=O)(=O)Oc1ccc(-c2ccccn2)nc1C#N. The van der Waals surface area contributed by atoms with Gasteiger partial charge in [-0.05, 0) is 24.3 Å². The Morgan fingerprint density at radius 3 is 2.58 bits per heavy atom. The quantitative estimate of drug-likeness (QED) is 0.785. The Bertz CT molecular complexity index is 737. The van der Waals surface area contributed by atoms with E-state index in [2.05, 4.69) is 14.2 Å². The fraction of sp³-hybridized carbons (Fsp3) is 0.0833. The van der Waals surface area contributed by atoms with E-state index < -0.39 is 10.1 Å². The van der Waals surface area contributed by atoms with Crippen molar-refractivity contribution in [3.8, 4) is 23.2 Å². The maximum atomic E-state index is 11.1. The number of nitriles is 1. The highest BCUT2D eigenvalue weighted by atomic mass is 32.2. The summed E-state index contributed by atoms with van der Waals surface area (Å²) in [6.45, 7) is 0. The first-order valence-electron chi connectivity index (χ1n) is 5.21. The Morgan fingerprint density at radius 2 is 2.00 bits per heavy atom. The number of aromatic nitrogens is 2. The zero-order valence-corrected chi connectivity index (χ0v) is 10.8. The monoisotopic (exact) mass is 275 g/mol. The van der Waals surface area contributed by atoms with Crippen LogP contribution in [-0.4, -0.2) is 24.6 Å². The van der Waals surface area contributed by atoms with Gasteiger partial charge in [-0.2, -0.15) is 13.7 Å². The summed E-state index contributed by atoms with van der Waals surface area (Å²) in [4.78, 5) is 8.13. The number of pyridine rings is 2. The molecule has 0 saturated carbocycles. The maximum Gasteiger partial charge on any atom is 0.306 e. The molecule has 19 heavy (non-hydrogen) atoms. The lowest BCUT2D eigenvalue weighted by Crippen LogP contribution is -2.07. The summed E-state index contributed by atoms with van der Waals surface area (Å²) in [5.41, 5.74) is 0.955. The minimum atomic E-state index is -3.69. The van der Waals surface area contributed by atoms with Crippen molar-refractivity contribution in [1.82, 2.24) is 9.97 Å².